The Balaban J connectivity index is 2.22. The lowest BCUT2D eigenvalue weighted by Gasteiger charge is -2.18. The molecular weight excluding hydrogens is 444 g/mol. The van der Waals surface area contributed by atoms with E-state index in [0.717, 1.165) is 0 Å². The number of methoxy groups -OCH3 is 2. The van der Waals surface area contributed by atoms with Crippen LogP contribution in [-0.2, 0) is 20.7 Å². The number of halogens is 1. The van der Waals surface area contributed by atoms with Gasteiger partial charge < -0.3 is 19.5 Å². The number of urea groups is 1. The first-order valence-corrected chi connectivity index (χ1v) is 9.36. The summed E-state index contributed by atoms with van der Waals surface area (Å²) in [6, 6.07) is 11.1. The van der Waals surface area contributed by atoms with Crippen LogP contribution in [0.25, 0.3) is 0 Å². The molecule has 1 unspecified atom stereocenters. The van der Waals surface area contributed by atoms with Crippen LogP contribution in [-0.4, -0.2) is 39.2 Å². The first-order chi connectivity index (χ1) is 13.9. The van der Waals surface area contributed by atoms with Crippen molar-refractivity contribution in [1.29, 1.82) is 0 Å². The highest BCUT2D eigenvalue weighted by Crippen LogP contribution is 2.33. The van der Waals surface area contributed by atoms with E-state index in [4.69, 9.17) is 14.2 Å². The second-order valence-corrected chi connectivity index (χ2v) is 6.68. The summed E-state index contributed by atoms with van der Waals surface area (Å²) in [5, 5.41) is 4.41. The summed E-state index contributed by atoms with van der Waals surface area (Å²) in [5.74, 6) is -0.451. The summed E-state index contributed by atoms with van der Waals surface area (Å²) in [6.07, 6.45) is -1.41. The molecule has 3 amide bonds. The fourth-order valence-electron chi connectivity index (χ4n) is 2.50. The van der Waals surface area contributed by atoms with Gasteiger partial charge in [0.05, 0.1) is 20.6 Å². The van der Waals surface area contributed by atoms with Crippen LogP contribution in [0.5, 0.6) is 11.5 Å². The van der Waals surface area contributed by atoms with Crippen LogP contribution in [0.2, 0.25) is 0 Å². The minimum absolute atomic E-state index is 0.127. The van der Waals surface area contributed by atoms with Gasteiger partial charge in [0.15, 0.2) is 11.5 Å². The van der Waals surface area contributed by atoms with Crippen LogP contribution in [0.1, 0.15) is 17.2 Å². The number of ether oxygens (including phenoxy) is 3. The van der Waals surface area contributed by atoms with Crippen molar-refractivity contribution in [2.24, 2.45) is 0 Å². The number of carbonyl (C=O) groups is 3. The Morgan fingerprint density at radius 3 is 2.24 bits per heavy atom. The van der Waals surface area contributed by atoms with Gasteiger partial charge >= 0.3 is 12.0 Å². The van der Waals surface area contributed by atoms with Gasteiger partial charge in [0, 0.05) is 17.1 Å². The summed E-state index contributed by atoms with van der Waals surface area (Å²) in [7, 11) is 4.37. The van der Waals surface area contributed by atoms with Crippen LogP contribution >= 0.6 is 15.9 Å². The second kappa shape index (κ2) is 10.5. The molecule has 2 aromatic rings. The van der Waals surface area contributed by atoms with Crippen LogP contribution < -0.4 is 20.1 Å². The van der Waals surface area contributed by atoms with Gasteiger partial charge in [-0.2, -0.15) is 0 Å². The first kappa shape index (κ1) is 22.2. The number of hydrogen-bond donors (Lipinski definition) is 2. The van der Waals surface area contributed by atoms with Crippen molar-refractivity contribution >= 4 is 33.8 Å². The van der Waals surface area contributed by atoms with Gasteiger partial charge in [0.1, 0.15) is 0 Å². The van der Waals surface area contributed by atoms with Crippen molar-refractivity contribution in [2.45, 2.75) is 12.5 Å². The quantitative estimate of drug-likeness (QED) is 0.610. The molecule has 9 heteroatoms. The minimum atomic E-state index is -1.28. The summed E-state index contributed by atoms with van der Waals surface area (Å²) in [4.78, 5) is 36.5. The van der Waals surface area contributed by atoms with Gasteiger partial charge in [-0.05, 0) is 17.7 Å². The van der Waals surface area contributed by atoms with E-state index in [1.165, 1.54) is 21.3 Å². The maximum atomic E-state index is 12.6. The number of nitrogens with one attached hydrogen (secondary N) is 2. The summed E-state index contributed by atoms with van der Waals surface area (Å²) < 4.78 is 16.5. The van der Waals surface area contributed by atoms with Gasteiger partial charge in [0.25, 0.3) is 5.91 Å². The highest BCUT2D eigenvalue weighted by molar-refractivity contribution is 9.10. The molecule has 0 aliphatic heterocycles. The monoisotopic (exact) mass is 464 g/mol. The highest BCUT2D eigenvalue weighted by atomic mass is 79.9. The molecule has 0 fully saturated rings. The predicted molar refractivity (Wildman–Crippen MR) is 109 cm³/mol. The number of carbonyl (C=O) groups excluding carboxylic acids is 3. The average molecular weight is 465 g/mol. The van der Waals surface area contributed by atoms with E-state index in [1.807, 2.05) is 0 Å². The zero-order valence-electron chi connectivity index (χ0n) is 16.2. The first-order valence-electron chi connectivity index (χ1n) is 8.57. The molecule has 0 radical (unpaired) electrons. The Morgan fingerprint density at radius 2 is 1.66 bits per heavy atom. The molecule has 0 aliphatic rings. The third kappa shape index (κ3) is 5.95. The standard InChI is InChI=1S/C20H21BrN2O6/c1-22-20(26)23-19(25)18(12-7-5-4-6-8-12)29-17(24)10-13-9-15(27-2)16(28-3)11-14(13)21/h4-9,11,18H,10H2,1-3H3,(H2,22,23,25,26). The van der Waals surface area contributed by atoms with E-state index < -0.39 is 24.0 Å². The normalized spacial score (nSPS) is 11.2. The number of hydrogen-bond acceptors (Lipinski definition) is 6. The lowest BCUT2D eigenvalue weighted by Crippen LogP contribution is -2.41. The van der Waals surface area contributed by atoms with Gasteiger partial charge in [-0.1, -0.05) is 46.3 Å². The zero-order chi connectivity index (χ0) is 21.4. The van der Waals surface area contributed by atoms with Crippen molar-refractivity contribution in [3.8, 4) is 11.5 Å². The summed E-state index contributed by atoms with van der Waals surface area (Å²) >= 11 is 3.39. The summed E-state index contributed by atoms with van der Waals surface area (Å²) in [5.41, 5.74) is 1.03. The number of benzene rings is 2. The Bertz CT molecular complexity index is 888. The molecule has 2 aromatic carbocycles. The molecule has 0 saturated carbocycles. The number of esters is 1. The molecule has 154 valence electrons. The van der Waals surface area contributed by atoms with Crippen molar-refractivity contribution in [3.63, 3.8) is 0 Å². The Morgan fingerprint density at radius 1 is 1.03 bits per heavy atom. The van der Waals surface area contributed by atoms with Gasteiger partial charge in [0.2, 0.25) is 6.10 Å². The molecule has 0 saturated heterocycles. The van der Waals surface area contributed by atoms with E-state index in [2.05, 4.69) is 26.6 Å². The SMILES string of the molecule is CNC(=O)NC(=O)C(OC(=O)Cc1cc(OC)c(OC)cc1Br)c1ccccc1. The van der Waals surface area contributed by atoms with Gasteiger partial charge in [-0.15, -0.1) is 0 Å². The molecule has 2 rings (SSSR count). The maximum Gasteiger partial charge on any atom is 0.321 e. The van der Waals surface area contributed by atoms with E-state index in [-0.39, 0.29) is 6.42 Å². The van der Waals surface area contributed by atoms with E-state index in [0.29, 0.717) is 27.1 Å². The molecule has 1 atom stereocenters. The zero-order valence-corrected chi connectivity index (χ0v) is 17.7. The van der Waals surface area contributed by atoms with E-state index in [9.17, 15) is 14.4 Å². The fourth-order valence-corrected chi connectivity index (χ4v) is 2.96. The molecule has 29 heavy (non-hydrogen) atoms. The maximum absolute atomic E-state index is 12.6. The third-order valence-electron chi connectivity index (χ3n) is 3.94. The lowest BCUT2D eigenvalue weighted by molar-refractivity contribution is -0.155. The Kier molecular flexibility index (Phi) is 8.02. The van der Waals surface area contributed by atoms with E-state index in [1.54, 1.807) is 42.5 Å². The van der Waals surface area contributed by atoms with E-state index >= 15 is 0 Å². The minimum Gasteiger partial charge on any atom is -0.493 e. The number of rotatable bonds is 7. The molecule has 0 spiro atoms. The molecule has 8 nitrogen and oxygen atoms in total. The van der Waals surface area contributed by atoms with Crippen molar-refractivity contribution in [2.75, 3.05) is 21.3 Å². The van der Waals surface area contributed by atoms with Crippen LogP contribution in [0.3, 0.4) is 0 Å². The van der Waals surface area contributed by atoms with Gasteiger partial charge in [-0.25, -0.2) is 4.79 Å². The largest absolute Gasteiger partial charge is 0.493 e. The Hall–Kier alpha value is -3.07. The number of amides is 3. The predicted octanol–water partition coefficient (Wildman–Crippen LogP) is 2.75. The summed E-state index contributed by atoms with van der Waals surface area (Å²) in [6.45, 7) is 0. The fraction of sp³-hybridized carbons (Fsp3) is 0.250. The van der Waals surface area contributed by atoms with Crippen molar-refractivity contribution < 1.29 is 28.6 Å². The lowest BCUT2D eigenvalue weighted by atomic mass is 10.1. The highest BCUT2D eigenvalue weighted by Gasteiger charge is 2.27. The second-order valence-electron chi connectivity index (χ2n) is 5.82. The van der Waals surface area contributed by atoms with Crippen LogP contribution in [0.15, 0.2) is 46.9 Å². The molecule has 0 bridgehead atoms. The topological polar surface area (TPSA) is 103 Å². The molecule has 0 heterocycles. The average Bonchev–Trinajstić information content (AvgIpc) is 2.73. The van der Waals surface area contributed by atoms with Crippen LogP contribution in [0.4, 0.5) is 4.79 Å². The molecular formula is C20H21BrN2O6. The molecule has 0 aromatic heterocycles. The molecule has 2 N–H and O–H groups in total. The third-order valence-corrected chi connectivity index (χ3v) is 4.68. The van der Waals surface area contributed by atoms with Crippen molar-refractivity contribution in [1.82, 2.24) is 10.6 Å². The van der Waals surface area contributed by atoms with Crippen molar-refractivity contribution in [3.05, 3.63) is 58.1 Å². The smallest absolute Gasteiger partial charge is 0.321 e. The Labute approximate surface area is 176 Å². The number of imide groups is 1. The molecule has 0 aliphatic carbocycles. The van der Waals surface area contributed by atoms with Gasteiger partial charge in [-0.3, -0.25) is 14.9 Å². The van der Waals surface area contributed by atoms with Crippen LogP contribution in [0, 0.1) is 0 Å².